The normalized spacial score (nSPS) is 22.9. The van der Waals surface area contributed by atoms with Gasteiger partial charge in [-0.05, 0) is 61.2 Å². The zero-order valence-corrected chi connectivity index (χ0v) is 17.4. The Morgan fingerprint density at radius 2 is 1.97 bits per heavy atom. The zero-order valence-electron chi connectivity index (χ0n) is 17.4. The SMILES string of the molecule is COc1ccc(/C(O)=C2/C(=O)C(=O)N(CC3CCCO3)C2c2ccc(F)cc2)c(C)c1. The second-order valence-electron chi connectivity index (χ2n) is 7.82. The molecule has 0 radical (unpaired) electrons. The number of hydrogen-bond donors (Lipinski definition) is 1. The molecule has 2 aliphatic heterocycles. The Balaban J connectivity index is 1.83. The molecule has 4 rings (SSSR count). The van der Waals surface area contributed by atoms with Crippen LogP contribution in [0.1, 0.15) is 35.6 Å². The molecule has 0 bridgehead atoms. The summed E-state index contributed by atoms with van der Waals surface area (Å²) in [5.41, 5.74) is 1.66. The third-order valence-corrected chi connectivity index (χ3v) is 5.84. The van der Waals surface area contributed by atoms with Gasteiger partial charge in [-0.2, -0.15) is 0 Å². The number of halogens is 1. The number of ether oxygens (including phenoxy) is 2. The van der Waals surface area contributed by atoms with Crippen LogP contribution in [0.4, 0.5) is 4.39 Å². The molecule has 6 nitrogen and oxygen atoms in total. The summed E-state index contributed by atoms with van der Waals surface area (Å²) in [5, 5.41) is 11.2. The van der Waals surface area contributed by atoms with E-state index in [4.69, 9.17) is 9.47 Å². The van der Waals surface area contributed by atoms with Gasteiger partial charge in [0.2, 0.25) is 0 Å². The van der Waals surface area contributed by atoms with E-state index < -0.39 is 23.5 Å². The summed E-state index contributed by atoms with van der Waals surface area (Å²) in [4.78, 5) is 27.4. The number of nitrogens with zero attached hydrogens (tertiary/aromatic N) is 1. The van der Waals surface area contributed by atoms with E-state index in [9.17, 15) is 19.1 Å². The van der Waals surface area contributed by atoms with E-state index >= 15 is 0 Å². The number of carbonyl (C=O) groups excluding carboxylic acids is 2. The molecule has 2 heterocycles. The minimum atomic E-state index is -0.827. The minimum absolute atomic E-state index is 0.0112. The summed E-state index contributed by atoms with van der Waals surface area (Å²) < 4.78 is 24.4. The lowest BCUT2D eigenvalue weighted by atomic mass is 9.93. The molecule has 2 saturated heterocycles. The molecule has 2 fully saturated rings. The van der Waals surface area contributed by atoms with Gasteiger partial charge in [0, 0.05) is 18.7 Å². The van der Waals surface area contributed by atoms with Crippen molar-refractivity contribution < 1.29 is 28.6 Å². The molecule has 0 aliphatic carbocycles. The van der Waals surface area contributed by atoms with Gasteiger partial charge in [-0.25, -0.2) is 4.39 Å². The minimum Gasteiger partial charge on any atom is -0.507 e. The third kappa shape index (κ3) is 3.93. The fourth-order valence-electron chi connectivity index (χ4n) is 4.24. The number of aliphatic hydroxyl groups is 1. The molecule has 0 spiro atoms. The predicted molar refractivity (Wildman–Crippen MR) is 112 cm³/mol. The molecule has 0 saturated carbocycles. The smallest absolute Gasteiger partial charge is 0.295 e. The molecule has 2 aromatic rings. The van der Waals surface area contributed by atoms with Crippen LogP contribution in [0.15, 0.2) is 48.0 Å². The fraction of sp³-hybridized carbons (Fsp3) is 0.333. The predicted octanol–water partition coefficient (Wildman–Crippen LogP) is 3.74. The van der Waals surface area contributed by atoms with Crippen LogP contribution in [0.5, 0.6) is 5.75 Å². The van der Waals surface area contributed by atoms with Gasteiger partial charge in [-0.1, -0.05) is 12.1 Å². The zero-order chi connectivity index (χ0) is 22.1. The molecule has 1 amide bonds. The van der Waals surface area contributed by atoms with Crippen LogP contribution in [-0.2, 0) is 14.3 Å². The van der Waals surface area contributed by atoms with Gasteiger partial charge < -0.3 is 19.5 Å². The molecular weight excluding hydrogens is 401 g/mol. The lowest BCUT2D eigenvalue weighted by molar-refractivity contribution is -0.140. The number of Topliss-reactive ketones (excluding diaryl/α,β-unsaturated/α-hetero) is 1. The average molecular weight is 425 g/mol. The van der Waals surface area contributed by atoms with Crippen LogP contribution in [-0.4, -0.2) is 48.1 Å². The highest BCUT2D eigenvalue weighted by Crippen LogP contribution is 2.40. The maximum atomic E-state index is 13.6. The van der Waals surface area contributed by atoms with Crippen molar-refractivity contribution >= 4 is 17.4 Å². The highest BCUT2D eigenvalue weighted by Gasteiger charge is 2.47. The van der Waals surface area contributed by atoms with Crippen LogP contribution in [0, 0.1) is 12.7 Å². The number of aliphatic hydroxyl groups excluding tert-OH is 1. The Labute approximate surface area is 179 Å². The van der Waals surface area contributed by atoms with E-state index in [1.165, 1.54) is 29.2 Å². The van der Waals surface area contributed by atoms with Crippen molar-refractivity contribution in [2.75, 3.05) is 20.3 Å². The number of likely N-dealkylation sites (tertiary alicyclic amines) is 1. The van der Waals surface area contributed by atoms with Gasteiger partial charge in [0.25, 0.3) is 11.7 Å². The number of ketones is 1. The van der Waals surface area contributed by atoms with Crippen molar-refractivity contribution in [1.29, 1.82) is 0 Å². The first-order chi connectivity index (χ1) is 14.9. The first-order valence-electron chi connectivity index (χ1n) is 10.2. The van der Waals surface area contributed by atoms with Crippen molar-refractivity contribution in [2.24, 2.45) is 0 Å². The number of carbonyl (C=O) groups is 2. The van der Waals surface area contributed by atoms with Gasteiger partial charge in [-0.3, -0.25) is 9.59 Å². The fourth-order valence-corrected chi connectivity index (χ4v) is 4.24. The highest BCUT2D eigenvalue weighted by atomic mass is 19.1. The van der Waals surface area contributed by atoms with Gasteiger partial charge in [0.15, 0.2) is 0 Å². The van der Waals surface area contributed by atoms with Crippen LogP contribution >= 0.6 is 0 Å². The Morgan fingerprint density at radius 3 is 2.58 bits per heavy atom. The summed E-state index contributed by atoms with van der Waals surface area (Å²) in [5.74, 6) is -1.53. The number of benzene rings is 2. The summed E-state index contributed by atoms with van der Waals surface area (Å²) in [6.07, 6.45) is 1.50. The van der Waals surface area contributed by atoms with Crippen LogP contribution in [0.25, 0.3) is 5.76 Å². The first kappa shape index (κ1) is 21.1. The second-order valence-corrected chi connectivity index (χ2v) is 7.82. The molecule has 31 heavy (non-hydrogen) atoms. The third-order valence-electron chi connectivity index (χ3n) is 5.84. The van der Waals surface area contributed by atoms with E-state index in [2.05, 4.69) is 0 Å². The molecule has 162 valence electrons. The average Bonchev–Trinajstić information content (AvgIpc) is 3.36. The van der Waals surface area contributed by atoms with Crippen LogP contribution in [0.3, 0.4) is 0 Å². The molecule has 7 heteroatoms. The number of aryl methyl sites for hydroxylation is 1. The standard InChI is InChI=1S/C24H24FNO5/c1-14-12-17(30-2)9-10-19(14)22(27)20-21(15-5-7-16(25)8-6-15)26(24(29)23(20)28)13-18-4-3-11-31-18/h5-10,12,18,21,27H,3-4,11,13H2,1-2H3/b22-20-. The van der Waals surface area contributed by atoms with Crippen molar-refractivity contribution in [3.63, 3.8) is 0 Å². The molecule has 2 aliphatic rings. The highest BCUT2D eigenvalue weighted by molar-refractivity contribution is 6.46. The maximum absolute atomic E-state index is 13.6. The van der Waals surface area contributed by atoms with Crippen LogP contribution < -0.4 is 4.74 Å². The number of hydrogen-bond acceptors (Lipinski definition) is 5. The van der Waals surface area contributed by atoms with Crippen molar-refractivity contribution in [3.05, 3.63) is 70.5 Å². The van der Waals surface area contributed by atoms with E-state index in [0.29, 0.717) is 29.0 Å². The summed E-state index contributed by atoms with van der Waals surface area (Å²) in [7, 11) is 1.54. The van der Waals surface area contributed by atoms with E-state index in [-0.39, 0.29) is 24.0 Å². The quantitative estimate of drug-likeness (QED) is 0.449. The topological polar surface area (TPSA) is 76.1 Å². The Bertz CT molecular complexity index is 1040. The summed E-state index contributed by atoms with van der Waals surface area (Å²) >= 11 is 0. The largest absolute Gasteiger partial charge is 0.507 e. The van der Waals surface area contributed by atoms with Crippen molar-refractivity contribution in [3.8, 4) is 5.75 Å². The Hall–Kier alpha value is -3.19. The molecule has 2 aromatic carbocycles. The van der Waals surface area contributed by atoms with Gasteiger partial charge in [-0.15, -0.1) is 0 Å². The molecule has 1 N–H and O–H groups in total. The first-order valence-corrected chi connectivity index (χ1v) is 10.2. The Morgan fingerprint density at radius 1 is 1.23 bits per heavy atom. The summed E-state index contributed by atoms with van der Waals surface area (Å²) in [6.45, 7) is 2.62. The monoisotopic (exact) mass is 425 g/mol. The van der Waals surface area contributed by atoms with Gasteiger partial charge in [0.05, 0.1) is 24.8 Å². The van der Waals surface area contributed by atoms with Crippen molar-refractivity contribution in [2.45, 2.75) is 31.9 Å². The maximum Gasteiger partial charge on any atom is 0.295 e. The Kier molecular flexibility index (Phi) is 5.78. The lowest BCUT2D eigenvalue weighted by Crippen LogP contribution is -2.36. The van der Waals surface area contributed by atoms with E-state index in [1.807, 2.05) is 0 Å². The summed E-state index contributed by atoms with van der Waals surface area (Å²) in [6, 6.07) is 9.86. The molecular formula is C24H24FNO5. The number of amides is 1. The number of methoxy groups -OCH3 is 1. The molecule has 0 aromatic heterocycles. The second kappa shape index (κ2) is 8.51. The van der Waals surface area contributed by atoms with Crippen molar-refractivity contribution in [1.82, 2.24) is 4.90 Å². The van der Waals surface area contributed by atoms with Gasteiger partial charge in [0.1, 0.15) is 17.3 Å². The van der Waals surface area contributed by atoms with E-state index in [1.54, 1.807) is 32.2 Å². The van der Waals surface area contributed by atoms with E-state index in [0.717, 1.165) is 12.8 Å². The van der Waals surface area contributed by atoms with Gasteiger partial charge >= 0.3 is 0 Å². The number of rotatable bonds is 5. The lowest BCUT2D eigenvalue weighted by Gasteiger charge is -2.27. The van der Waals surface area contributed by atoms with Crippen LogP contribution in [0.2, 0.25) is 0 Å². The molecule has 2 atom stereocenters. The molecule has 2 unspecified atom stereocenters.